The van der Waals surface area contributed by atoms with Gasteiger partial charge >= 0.3 is 0 Å². The Kier molecular flexibility index (Phi) is 6.13. The smallest absolute Gasteiger partial charge is 0.285 e. The molecule has 10 nitrogen and oxygen atoms in total. The molecular weight excluding hydrogens is 558 g/mol. The number of nitro groups is 3. The molecular formula is C27H14BrN3O7. The van der Waals surface area contributed by atoms with E-state index in [4.69, 9.17) is 0 Å². The summed E-state index contributed by atoms with van der Waals surface area (Å²) in [6.07, 6.45) is 0. The van der Waals surface area contributed by atoms with Gasteiger partial charge in [0, 0.05) is 33.1 Å². The van der Waals surface area contributed by atoms with E-state index in [9.17, 15) is 35.1 Å². The van der Waals surface area contributed by atoms with Gasteiger partial charge in [-0.1, -0.05) is 70.5 Å². The van der Waals surface area contributed by atoms with E-state index in [0.29, 0.717) is 6.07 Å². The fourth-order valence-corrected chi connectivity index (χ4v) is 5.20. The van der Waals surface area contributed by atoms with Gasteiger partial charge in [-0.25, -0.2) is 0 Å². The van der Waals surface area contributed by atoms with Crippen molar-refractivity contribution in [2.24, 2.45) is 0 Å². The molecule has 5 aromatic rings. The first-order chi connectivity index (χ1) is 18.2. The normalized spacial score (nSPS) is 11.4. The second kappa shape index (κ2) is 9.45. The van der Waals surface area contributed by atoms with E-state index in [2.05, 4.69) is 70.5 Å². The van der Waals surface area contributed by atoms with E-state index >= 15 is 0 Å². The number of carbonyl (C=O) groups is 1. The van der Waals surface area contributed by atoms with Crippen LogP contribution in [0.1, 0.15) is 15.9 Å². The minimum Gasteiger partial charge on any atom is -0.289 e. The summed E-state index contributed by atoms with van der Waals surface area (Å²) in [5, 5.41) is 38.5. The Hall–Kier alpha value is -5.03. The van der Waals surface area contributed by atoms with Gasteiger partial charge < -0.3 is 0 Å². The predicted octanol–water partition coefficient (Wildman–Crippen LogP) is 7.38. The highest BCUT2D eigenvalue weighted by molar-refractivity contribution is 9.10. The van der Waals surface area contributed by atoms with E-state index in [1.165, 1.54) is 33.7 Å². The maximum absolute atomic E-state index is 12.3. The van der Waals surface area contributed by atoms with Crippen LogP contribution in [-0.2, 0) is 0 Å². The molecule has 38 heavy (non-hydrogen) atoms. The van der Waals surface area contributed by atoms with Crippen LogP contribution in [0.4, 0.5) is 17.1 Å². The summed E-state index contributed by atoms with van der Waals surface area (Å²) in [7, 11) is 0. The highest BCUT2D eigenvalue weighted by atomic mass is 79.9. The molecule has 0 aromatic heterocycles. The third-order valence-electron chi connectivity index (χ3n) is 6.21. The van der Waals surface area contributed by atoms with Crippen LogP contribution in [0, 0.1) is 30.3 Å². The molecule has 5 aromatic carbocycles. The second-order valence-electron chi connectivity index (χ2n) is 8.31. The summed E-state index contributed by atoms with van der Waals surface area (Å²) in [4.78, 5) is 43.1. The maximum Gasteiger partial charge on any atom is 0.285 e. The van der Waals surface area contributed by atoms with Gasteiger partial charge in [0.1, 0.15) is 0 Å². The fraction of sp³-hybridized carbons (Fsp3) is 0. The largest absolute Gasteiger partial charge is 0.289 e. The van der Waals surface area contributed by atoms with Gasteiger partial charge in [0.25, 0.3) is 17.1 Å². The molecule has 0 aliphatic heterocycles. The molecule has 0 N–H and O–H groups in total. The van der Waals surface area contributed by atoms with Gasteiger partial charge in [-0.15, -0.1) is 0 Å². The quantitative estimate of drug-likeness (QED) is 0.122. The number of hydrogen-bond donors (Lipinski definition) is 0. The summed E-state index contributed by atoms with van der Waals surface area (Å²) < 4.78 is 1.16. The fourth-order valence-electron chi connectivity index (χ4n) is 4.61. The van der Waals surface area contributed by atoms with Gasteiger partial charge in [0.2, 0.25) is 0 Å². The van der Waals surface area contributed by atoms with Crippen molar-refractivity contribution in [2.75, 3.05) is 0 Å². The number of ketones is 1. The summed E-state index contributed by atoms with van der Waals surface area (Å²) in [6, 6.07) is 24.4. The molecule has 0 saturated carbocycles. The zero-order chi connectivity index (χ0) is 27.1. The van der Waals surface area contributed by atoms with Crippen molar-refractivity contribution in [1.82, 2.24) is 0 Å². The van der Waals surface area contributed by atoms with Crippen LogP contribution >= 0.6 is 15.9 Å². The summed E-state index contributed by atoms with van der Waals surface area (Å²) in [5.41, 5.74) is -2.61. The van der Waals surface area contributed by atoms with Crippen molar-refractivity contribution >= 4 is 60.3 Å². The highest BCUT2D eigenvalue weighted by Crippen LogP contribution is 2.48. The van der Waals surface area contributed by atoms with Crippen molar-refractivity contribution < 1.29 is 19.6 Å². The minimum absolute atomic E-state index is 0.0854. The zero-order valence-electron chi connectivity index (χ0n) is 19.2. The number of carbonyl (C=O) groups excluding carboxylic acids is 1. The Morgan fingerprint density at radius 1 is 0.605 bits per heavy atom. The van der Waals surface area contributed by atoms with Crippen molar-refractivity contribution in [3.63, 3.8) is 0 Å². The Labute approximate surface area is 221 Å². The Morgan fingerprint density at radius 3 is 1.95 bits per heavy atom. The molecule has 186 valence electrons. The molecule has 0 unspecified atom stereocenters. The van der Waals surface area contributed by atoms with Crippen LogP contribution in [0.5, 0.6) is 0 Å². The maximum atomic E-state index is 12.3. The Bertz CT molecular complexity index is 1850. The molecule has 0 heterocycles. The van der Waals surface area contributed by atoms with Gasteiger partial charge in [-0.2, -0.15) is 0 Å². The molecule has 0 atom stereocenters. The minimum atomic E-state index is -0.898. The number of hydrogen-bond acceptors (Lipinski definition) is 7. The number of benzene rings is 5. The van der Waals surface area contributed by atoms with E-state index in [1.807, 2.05) is 0 Å². The second-order valence-corrected chi connectivity index (χ2v) is 9.17. The van der Waals surface area contributed by atoms with Crippen molar-refractivity contribution in [2.45, 2.75) is 0 Å². The Morgan fingerprint density at radius 2 is 1.24 bits per heavy atom. The lowest BCUT2D eigenvalue weighted by Crippen LogP contribution is -1.99. The first-order valence-electron chi connectivity index (χ1n) is 11.0. The first-order valence-corrected chi connectivity index (χ1v) is 11.8. The van der Waals surface area contributed by atoms with Crippen LogP contribution in [0.2, 0.25) is 0 Å². The lowest BCUT2D eigenvalue weighted by atomic mass is 10.0. The lowest BCUT2D eigenvalue weighted by Gasteiger charge is -2.05. The molecule has 0 fully saturated rings. The van der Waals surface area contributed by atoms with E-state index in [0.717, 1.165) is 16.6 Å². The SMILES string of the molecule is Brc1cccc2ccc3ccccc3c12.O=C1c2cccc([N+](=O)[O-])c2-c2c1cc([N+](=O)[O-])cc2[N+](=O)[O-]. The number of fused-ring (bicyclic) bond motifs is 6. The van der Waals surface area contributed by atoms with Gasteiger partial charge in [0.15, 0.2) is 5.78 Å². The van der Waals surface area contributed by atoms with Crippen molar-refractivity contribution in [3.05, 3.63) is 131 Å². The van der Waals surface area contributed by atoms with Crippen LogP contribution in [0.15, 0.2) is 89.4 Å². The van der Waals surface area contributed by atoms with E-state index in [-0.39, 0.29) is 22.3 Å². The zero-order valence-corrected chi connectivity index (χ0v) is 20.7. The molecule has 0 bridgehead atoms. The standard InChI is InChI=1S/C14H9Br.C13H5N3O7/c15-13-7-3-5-11-9-8-10-4-1-2-6-12(10)14(11)13;17-13-7-2-1-3-9(15(20)21)11(7)12-8(13)4-6(14(18)19)5-10(12)16(22)23/h1-9H;1-5H. The highest BCUT2D eigenvalue weighted by Gasteiger charge is 2.40. The van der Waals surface area contributed by atoms with E-state index < -0.39 is 37.6 Å². The van der Waals surface area contributed by atoms with Gasteiger partial charge in [-0.3, -0.25) is 35.1 Å². The molecule has 1 aliphatic carbocycles. The van der Waals surface area contributed by atoms with Crippen LogP contribution in [0.25, 0.3) is 32.7 Å². The summed E-state index contributed by atoms with van der Waals surface area (Å²) in [5.74, 6) is -0.717. The molecule has 11 heteroatoms. The summed E-state index contributed by atoms with van der Waals surface area (Å²) in [6.45, 7) is 0. The number of nitro benzene ring substituents is 3. The van der Waals surface area contributed by atoms with E-state index in [1.54, 1.807) is 0 Å². The summed E-state index contributed by atoms with van der Waals surface area (Å²) >= 11 is 3.62. The van der Waals surface area contributed by atoms with Crippen LogP contribution < -0.4 is 0 Å². The molecule has 0 amide bonds. The Balaban J connectivity index is 0.000000168. The number of halogens is 1. The molecule has 0 radical (unpaired) electrons. The lowest BCUT2D eigenvalue weighted by molar-refractivity contribution is -0.394. The number of rotatable bonds is 3. The topological polar surface area (TPSA) is 146 Å². The molecule has 0 spiro atoms. The monoisotopic (exact) mass is 571 g/mol. The average Bonchev–Trinajstić information content (AvgIpc) is 3.20. The molecule has 1 aliphatic rings. The third-order valence-corrected chi connectivity index (χ3v) is 6.87. The van der Waals surface area contributed by atoms with Gasteiger partial charge in [0.05, 0.1) is 32.0 Å². The van der Waals surface area contributed by atoms with Crippen LogP contribution in [-0.4, -0.2) is 20.6 Å². The molecule has 0 saturated heterocycles. The number of nitrogens with zero attached hydrogens (tertiary/aromatic N) is 3. The van der Waals surface area contributed by atoms with Crippen molar-refractivity contribution in [1.29, 1.82) is 0 Å². The number of non-ortho nitro benzene ring substituents is 1. The van der Waals surface area contributed by atoms with Crippen molar-refractivity contribution in [3.8, 4) is 11.1 Å². The van der Waals surface area contributed by atoms with Crippen LogP contribution in [0.3, 0.4) is 0 Å². The third kappa shape index (κ3) is 4.04. The molecule has 6 rings (SSSR count). The average molecular weight is 572 g/mol. The first kappa shape index (κ1) is 24.7. The van der Waals surface area contributed by atoms with Gasteiger partial charge in [-0.05, 0) is 28.3 Å². The predicted molar refractivity (Wildman–Crippen MR) is 144 cm³/mol.